The lowest BCUT2D eigenvalue weighted by molar-refractivity contribution is -0.129. The molecule has 9 heteroatoms. The summed E-state index contributed by atoms with van der Waals surface area (Å²) in [7, 11) is 1.39. The second-order valence-electron chi connectivity index (χ2n) is 8.79. The number of carbonyl (C=O) groups excluding carboxylic acids is 3. The minimum absolute atomic E-state index is 0.109. The van der Waals surface area contributed by atoms with Crippen molar-refractivity contribution in [3.8, 4) is 5.75 Å². The van der Waals surface area contributed by atoms with E-state index in [4.69, 9.17) is 9.94 Å². The molecule has 0 aromatic heterocycles. The maximum absolute atomic E-state index is 14.3. The number of carbonyl (C=O) groups is 3. The summed E-state index contributed by atoms with van der Waals surface area (Å²) in [5.74, 6) is -1.33. The molecule has 1 aliphatic carbocycles. The van der Waals surface area contributed by atoms with Crippen LogP contribution in [0.3, 0.4) is 0 Å². The number of benzene rings is 2. The molecule has 2 aromatic rings. The summed E-state index contributed by atoms with van der Waals surface area (Å²) in [5.41, 5.74) is 3.96. The van der Waals surface area contributed by atoms with Crippen molar-refractivity contribution in [2.45, 2.75) is 44.6 Å². The van der Waals surface area contributed by atoms with Crippen molar-refractivity contribution in [2.75, 3.05) is 13.7 Å². The molecule has 0 aliphatic heterocycles. The Bertz CT molecular complexity index is 1160. The molecular weight excluding hydrogens is 477 g/mol. The fourth-order valence-electron chi connectivity index (χ4n) is 3.56. The van der Waals surface area contributed by atoms with E-state index in [9.17, 15) is 18.8 Å². The maximum Gasteiger partial charge on any atom is 0.252 e. The quantitative estimate of drug-likeness (QED) is 0.108. The van der Waals surface area contributed by atoms with Gasteiger partial charge < -0.3 is 15.4 Å². The van der Waals surface area contributed by atoms with Crippen molar-refractivity contribution in [3.05, 3.63) is 71.0 Å². The molecule has 2 aromatic carbocycles. The lowest BCUT2D eigenvalue weighted by Gasteiger charge is -2.11. The molecule has 0 atom stereocenters. The second kappa shape index (κ2) is 13.9. The zero-order valence-electron chi connectivity index (χ0n) is 20.8. The smallest absolute Gasteiger partial charge is 0.252 e. The van der Waals surface area contributed by atoms with Crippen LogP contribution in [0.5, 0.6) is 5.75 Å². The Morgan fingerprint density at radius 1 is 1.05 bits per heavy atom. The first-order valence-corrected chi connectivity index (χ1v) is 12.2. The van der Waals surface area contributed by atoms with Gasteiger partial charge in [0.15, 0.2) is 11.6 Å². The molecule has 3 rings (SSSR count). The van der Waals surface area contributed by atoms with Crippen LogP contribution in [0.15, 0.2) is 48.5 Å². The van der Waals surface area contributed by atoms with Gasteiger partial charge in [0.1, 0.15) is 0 Å². The Balaban J connectivity index is 1.59. The standard InChI is InChI=1S/C28H32FN3O5/c1-37-25-14-11-21(18-24(25)29)23(28(35)31-22-12-13-22)17-20-8-6-19(7-9-20)10-15-26(33)30-16-4-2-3-5-27(34)32-36/h6-11,14-15,17-18,22,36H,2-5,12-13,16H2,1H3,(H,30,33)(H,31,35)(H,32,34)/b15-10?,23-17+. The van der Waals surface area contributed by atoms with Crippen LogP contribution in [0.2, 0.25) is 0 Å². The molecule has 1 aliphatic rings. The van der Waals surface area contributed by atoms with Gasteiger partial charge in [0.2, 0.25) is 11.8 Å². The highest BCUT2D eigenvalue weighted by Crippen LogP contribution is 2.27. The van der Waals surface area contributed by atoms with Gasteiger partial charge in [0, 0.05) is 30.7 Å². The molecule has 3 amide bonds. The topological polar surface area (TPSA) is 117 Å². The summed E-state index contributed by atoms with van der Waals surface area (Å²) >= 11 is 0. The first-order chi connectivity index (χ1) is 17.9. The first kappa shape index (κ1) is 27.6. The van der Waals surface area contributed by atoms with Gasteiger partial charge in [-0.15, -0.1) is 0 Å². The van der Waals surface area contributed by atoms with Gasteiger partial charge in [0.05, 0.1) is 7.11 Å². The number of halogens is 1. The molecule has 0 unspecified atom stereocenters. The molecule has 0 heterocycles. The number of ether oxygens (including phenoxy) is 1. The monoisotopic (exact) mass is 509 g/mol. The molecule has 1 fully saturated rings. The SMILES string of the molecule is COc1ccc(/C(=C\c2ccc(C=CC(=O)NCCCCCC(=O)NO)cc2)C(=O)NC2CC2)cc1F. The number of methoxy groups -OCH3 is 1. The predicted octanol–water partition coefficient (Wildman–Crippen LogP) is 3.85. The van der Waals surface area contributed by atoms with Crippen molar-refractivity contribution >= 4 is 35.4 Å². The molecule has 0 spiro atoms. The fourth-order valence-corrected chi connectivity index (χ4v) is 3.56. The van der Waals surface area contributed by atoms with E-state index < -0.39 is 11.7 Å². The van der Waals surface area contributed by atoms with E-state index in [0.717, 1.165) is 36.8 Å². The zero-order valence-corrected chi connectivity index (χ0v) is 20.8. The van der Waals surface area contributed by atoms with Crippen molar-refractivity contribution in [2.24, 2.45) is 0 Å². The number of hydrogen-bond acceptors (Lipinski definition) is 5. The van der Waals surface area contributed by atoms with Gasteiger partial charge in [-0.1, -0.05) is 36.8 Å². The summed E-state index contributed by atoms with van der Waals surface area (Å²) in [4.78, 5) is 35.8. The van der Waals surface area contributed by atoms with E-state index >= 15 is 0 Å². The van der Waals surface area contributed by atoms with E-state index in [2.05, 4.69) is 10.6 Å². The minimum Gasteiger partial charge on any atom is -0.494 e. The normalized spacial score (nSPS) is 13.3. The zero-order chi connectivity index (χ0) is 26.6. The lowest BCUT2D eigenvalue weighted by atomic mass is 10.0. The number of nitrogens with one attached hydrogen (secondary N) is 3. The fraction of sp³-hybridized carbons (Fsp3) is 0.321. The molecule has 1 saturated carbocycles. The van der Waals surface area contributed by atoms with Crippen LogP contribution in [-0.4, -0.2) is 42.6 Å². The Kier molecular flexibility index (Phi) is 10.4. The van der Waals surface area contributed by atoms with Crippen molar-refractivity contribution in [1.82, 2.24) is 16.1 Å². The Morgan fingerprint density at radius 3 is 2.43 bits per heavy atom. The molecule has 196 valence electrons. The summed E-state index contributed by atoms with van der Waals surface area (Å²) in [5, 5.41) is 14.2. The first-order valence-electron chi connectivity index (χ1n) is 12.2. The van der Waals surface area contributed by atoms with Crippen LogP contribution < -0.4 is 20.9 Å². The van der Waals surface area contributed by atoms with Gasteiger partial charge >= 0.3 is 0 Å². The van der Waals surface area contributed by atoms with Gasteiger partial charge in [-0.2, -0.15) is 0 Å². The number of rotatable bonds is 13. The number of hydroxylamine groups is 1. The highest BCUT2D eigenvalue weighted by molar-refractivity contribution is 6.24. The highest BCUT2D eigenvalue weighted by atomic mass is 19.1. The third kappa shape index (κ3) is 9.20. The third-order valence-electron chi connectivity index (χ3n) is 5.80. The Labute approximate surface area is 215 Å². The van der Waals surface area contributed by atoms with Crippen LogP contribution >= 0.6 is 0 Å². The second-order valence-corrected chi connectivity index (χ2v) is 8.79. The van der Waals surface area contributed by atoms with Crippen LogP contribution in [0.4, 0.5) is 4.39 Å². The lowest BCUT2D eigenvalue weighted by Crippen LogP contribution is -2.26. The van der Waals surface area contributed by atoms with Crippen LogP contribution in [0.1, 0.15) is 55.2 Å². The Hall–Kier alpha value is -3.98. The summed E-state index contributed by atoms with van der Waals surface area (Å²) in [6.07, 6.45) is 9.09. The molecule has 0 radical (unpaired) electrons. The molecular formula is C28H32FN3O5. The summed E-state index contributed by atoms with van der Waals surface area (Å²) in [6, 6.07) is 11.9. The largest absolute Gasteiger partial charge is 0.494 e. The third-order valence-corrected chi connectivity index (χ3v) is 5.80. The minimum atomic E-state index is -0.544. The summed E-state index contributed by atoms with van der Waals surface area (Å²) < 4.78 is 19.3. The molecule has 37 heavy (non-hydrogen) atoms. The molecule has 4 N–H and O–H groups in total. The number of hydrogen-bond donors (Lipinski definition) is 4. The molecule has 8 nitrogen and oxygen atoms in total. The van der Waals surface area contributed by atoms with Crippen LogP contribution in [-0.2, 0) is 14.4 Å². The van der Waals surface area contributed by atoms with Gasteiger partial charge in [-0.3, -0.25) is 19.6 Å². The van der Waals surface area contributed by atoms with Crippen LogP contribution in [0.25, 0.3) is 17.7 Å². The highest BCUT2D eigenvalue weighted by Gasteiger charge is 2.25. The average molecular weight is 510 g/mol. The van der Waals surface area contributed by atoms with E-state index in [1.807, 2.05) is 24.3 Å². The maximum atomic E-state index is 14.3. The van der Waals surface area contributed by atoms with Gasteiger partial charge in [0.25, 0.3) is 5.91 Å². The number of unbranched alkanes of at least 4 members (excludes halogenated alkanes) is 2. The predicted molar refractivity (Wildman–Crippen MR) is 139 cm³/mol. The molecule has 0 bridgehead atoms. The molecule has 0 saturated heterocycles. The van der Waals surface area contributed by atoms with Gasteiger partial charge in [-0.05, 0) is 66.7 Å². The van der Waals surface area contributed by atoms with Crippen molar-refractivity contribution in [3.63, 3.8) is 0 Å². The van der Waals surface area contributed by atoms with Crippen LogP contribution in [0, 0.1) is 5.82 Å². The van der Waals surface area contributed by atoms with Crippen molar-refractivity contribution < 1.29 is 28.7 Å². The number of amides is 3. The van der Waals surface area contributed by atoms with Crippen molar-refractivity contribution in [1.29, 1.82) is 0 Å². The van der Waals surface area contributed by atoms with E-state index in [1.54, 1.807) is 23.7 Å². The van der Waals surface area contributed by atoms with Gasteiger partial charge in [-0.25, -0.2) is 9.87 Å². The van der Waals surface area contributed by atoms with E-state index in [0.29, 0.717) is 24.1 Å². The summed E-state index contributed by atoms with van der Waals surface area (Å²) in [6.45, 7) is 0.491. The Morgan fingerprint density at radius 2 is 1.78 bits per heavy atom. The van der Waals surface area contributed by atoms with E-state index in [-0.39, 0.29) is 30.0 Å². The van der Waals surface area contributed by atoms with E-state index in [1.165, 1.54) is 25.3 Å². The average Bonchev–Trinajstić information content (AvgIpc) is 3.72.